The van der Waals surface area contributed by atoms with Gasteiger partial charge < -0.3 is 5.11 Å². The van der Waals surface area contributed by atoms with Gasteiger partial charge in [0.15, 0.2) is 0 Å². The lowest BCUT2D eigenvalue weighted by Crippen LogP contribution is -2.26. The summed E-state index contributed by atoms with van der Waals surface area (Å²) < 4.78 is 0. The second-order valence-corrected chi connectivity index (χ2v) is 6.32. The molecule has 0 aliphatic carbocycles. The summed E-state index contributed by atoms with van der Waals surface area (Å²) >= 11 is 0. The molecule has 1 atom stereocenters. The maximum Gasteiger partial charge on any atom is 0.0591 e. The van der Waals surface area contributed by atoms with Gasteiger partial charge in [0.1, 0.15) is 0 Å². The van der Waals surface area contributed by atoms with Gasteiger partial charge in [-0.1, -0.05) is 58.9 Å². The third kappa shape index (κ3) is 4.51. The summed E-state index contributed by atoms with van der Waals surface area (Å²) in [5, 5.41) is 9.99. The molecule has 1 N–H and O–H groups in total. The molecule has 0 aliphatic heterocycles. The molecule has 0 bridgehead atoms. The number of aryl methyl sites for hydroxylation is 1. The van der Waals surface area contributed by atoms with Gasteiger partial charge in [-0.25, -0.2) is 0 Å². The van der Waals surface area contributed by atoms with E-state index in [4.69, 9.17) is 0 Å². The molecule has 0 saturated carbocycles. The van der Waals surface area contributed by atoms with Crippen LogP contribution in [0, 0.1) is 5.41 Å². The van der Waals surface area contributed by atoms with Crippen molar-refractivity contribution < 1.29 is 5.11 Å². The van der Waals surface area contributed by atoms with Crippen molar-refractivity contribution in [1.29, 1.82) is 0 Å². The summed E-state index contributed by atoms with van der Waals surface area (Å²) in [6.07, 6.45) is 1.56. The molecule has 17 heavy (non-hydrogen) atoms. The van der Waals surface area contributed by atoms with Gasteiger partial charge in [0, 0.05) is 0 Å². The molecule has 1 heteroatoms. The van der Waals surface area contributed by atoms with E-state index >= 15 is 0 Å². The molecular weight excluding hydrogens is 208 g/mol. The molecular formula is C16H26O. The Bertz CT molecular complexity index is 330. The predicted molar refractivity (Wildman–Crippen MR) is 74.3 cm³/mol. The normalized spacial score (nSPS) is 14.1. The summed E-state index contributed by atoms with van der Waals surface area (Å²) in [6, 6.07) is 8.77. The molecule has 0 saturated heterocycles. The molecule has 1 unspecified atom stereocenters. The molecule has 0 aromatic heterocycles. The SMILES string of the molecule is CC(C)c1ccc(CCC(O)C(C)(C)C)cc1. The van der Waals surface area contributed by atoms with Crippen molar-refractivity contribution in [3.8, 4) is 0 Å². The van der Waals surface area contributed by atoms with Crippen LogP contribution in [0.1, 0.15) is 58.1 Å². The maximum absolute atomic E-state index is 9.99. The average Bonchev–Trinajstić information content (AvgIpc) is 2.25. The average molecular weight is 234 g/mol. The molecule has 1 aromatic rings. The molecule has 0 aliphatic rings. The van der Waals surface area contributed by atoms with Crippen molar-refractivity contribution in [3.05, 3.63) is 35.4 Å². The fourth-order valence-electron chi connectivity index (χ4n) is 1.81. The Hall–Kier alpha value is -0.820. The standard InChI is InChI=1S/C16H26O/c1-12(2)14-9-6-13(7-10-14)8-11-15(17)16(3,4)5/h6-7,9-10,12,15,17H,8,11H2,1-5H3. The van der Waals surface area contributed by atoms with E-state index in [0.717, 1.165) is 12.8 Å². The highest BCUT2D eigenvalue weighted by atomic mass is 16.3. The highest BCUT2D eigenvalue weighted by Gasteiger charge is 2.21. The second kappa shape index (κ2) is 5.68. The van der Waals surface area contributed by atoms with E-state index in [-0.39, 0.29) is 11.5 Å². The first-order valence-corrected chi connectivity index (χ1v) is 6.57. The Morgan fingerprint density at radius 3 is 2.00 bits per heavy atom. The summed E-state index contributed by atoms with van der Waals surface area (Å²) in [6.45, 7) is 10.7. The van der Waals surface area contributed by atoms with Gasteiger partial charge in [0.2, 0.25) is 0 Å². The summed E-state index contributed by atoms with van der Waals surface area (Å²) in [5.74, 6) is 0.587. The van der Waals surface area contributed by atoms with E-state index in [1.807, 2.05) is 0 Å². The molecule has 0 heterocycles. The first-order valence-electron chi connectivity index (χ1n) is 6.57. The van der Waals surface area contributed by atoms with Crippen molar-refractivity contribution in [3.63, 3.8) is 0 Å². The number of benzene rings is 1. The largest absolute Gasteiger partial charge is 0.393 e. The van der Waals surface area contributed by atoms with Gasteiger partial charge in [-0.05, 0) is 35.3 Å². The predicted octanol–water partition coefficient (Wildman–Crippen LogP) is 4.15. The number of rotatable bonds is 4. The van der Waals surface area contributed by atoms with Gasteiger partial charge in [-0.2, -0.15) is 0 Å². The Morgan fingerprint density at radius 2 is 1.59 bits per heavy atom. The summed E-state index contributed by atoms with van der Waals surface area (Å²) in [4.78, 5) is 0. The third-order valence-electron chi connectivity index (χ3n) is 3.35. The minimum Gasteiger partial charge on any atom is -0.393 e. The quantitative estimate of drug-likeness (QED) is 0.829. The van der Waals surface area contributed by atoms with Crippen LogP contribution in [0.2, 0.25) is 0 Å². The Kier molecular flexibility index (Phi) is 4.76. The number of aliphatic hydroxyl groups excluding tert-OH is 1. The summed E-state index contributed by atoms with van der Waals surface area (Å²) in [7, 11) is 0. The van der Waals surface area contributed by atoms with E-state index in [1.165, 1.54) is 11.1 Å². The van der Waals surface area contributed by atoms with E-state index in [1.54, 1.807) is 0 Å². The first-order chi connectivity index (χ1) is 7.80. The van der Waals surface area contributed by atoms with Crippen molar-refractivity contribution >= 4 is 0 Å². The smallest absolute Gasteiger partial charge is 0.0591 e. The van der Waals surface area contributed by atoms with Crippen molar-refractivity contribution in [2.75, 3.05) is 0 Å². The Labute approximate surface area is 106 Å². The zero-order valence-corrected chi connectivity index (χ0v) is 11.8. The highest BCUT2D eigenvalue weighted by Crippen LogP contribution is 2.23. The third-order valence-corrected chi connectivity index (χ3v) is 3.35. The number of hydrogen-bond acceptors (Lipinski definition) is 1. The molecule has 1 aromatic carbocycles. The fourth-order valence-corrected chi connectivity index (χ4v) is 1.81. The second-order valence-electron chi connectivity index (χ2n) is 6.32. The van der Waals surface area contributed by atoms with Crippen LogP contribution in [0.25, 0.3) is 0 Å². The summed E-state index contributed by atoms with van der Waals surface area (Å²) in [5.41, 5.74) is 2.68. The van der Waals surface area contributed by atoms with Crippen LogP contribution in [-0.4, -0.2) is 11.2 Å². The molecule has 0 spiro atoms. The number of aliphatic hydroxyl groups is 1. The fraction of sp³-hybridized carbons (Fsp3) is 0.625. The van der Waals surface area contributed by atoms with Crippen molar-refractivity contribution in [1.82, 2.24) is 0 Å². The van der Waals surface area contributed by atoms with Crippen LogP contribution >= 0.6 is 0 Å². The maximum atomic E-state index is 9.99. The van der Waals surface area contributed by atoms with Gasteiger partial charge >= 0.3 is 0 Å². The van der Waals surface area contributed by atoms with E-state index in [2.05, 4.69) is 58.9 Å². The lowest BCUT2D eigenvalue weighted by Gasteiger charge is -2.25. The molecule has 0 radical (unpaired) electrons. The van der Waals surface area contributed by atoms with Crippen molar-refractivity contribution in [2.45, 2.75) is 59.5 Å². The molecule has 0 fully saturated rings. The molecule has 1 rings (SSSR count). The minimum absolute atomic E-state index is 0.0160. The lowest BCUT2D eigenvalue weighted by atomic mass is 9.85. The van der Waals surface area contributed by atoms with Gasteiger partial charge in [0.05, 0.1) is 6.10 Å². The molecule has 1 nitrogen and oxygen atoms in total. The van der Waals surface area contributed by atoms with E-state index in [9.17, 15) is 5.11 Å². The Morgan fingerprint density at radius 1 is 1.06 bits per heavy atom. The van der Waals surface area contributed by atoms with Gasteiger partial charge in [-0.15, -0.1) is 0 Å². The monoisotopic (exact) mass is 234 g/mol. The minimum atomic E-state index is -0.229. The van der Waals surface area contributed by atoms with Crippen LogP contribution in [0.15, 0.2) is 24.3 Å². The molecule has 0 amide bonds. The molecule has 96 valence electrons. The Balaban J connectivity index is 2.53. The van der Waals surface area contributed by atoms with Gasteiger partial charge in [0.25, 0.3) is 0 Å². The van der Waals surface area contributed by atoms with Crippen molar-refractivity contribution in [2.24, 2.45) is 5.41 Å². The first kappa shape index (κ1) is 14.2. The van der Waals surface area contributed by atoms with Crippen LogP contribution < -0.4 is 0 Å². The topological polar surface area (TPSA) is 20.2 Å². The zero-order valence-electron chi connectivity index (χ0n) is 11.8. The van der Waals surface area contributed by atoms with Crippen LogP contribution in [0.5, 0.6) is 0 Å². The van der Waals surface area contributed by atoms with Crippen LogP contribution in [0.3, 0.4) is 0 Å². The van der Waals surface area contributed by atoms with E-state index < -0.39 is 0 Å². The van der Waals surface area contributed by atoms with Crippen LogP contribution in [-0.2, 0) is 6.42 Å². The highest BCUT2D eigenvalue weighted by molar-refractivity contribution is 5.24. The van der Waals surface area contributed by atoms with E-state index in [0.29, 0.717) is 5.92 Å². The lowest BCUT2D eigenvalue weighted by molar-refractivity contribution is 0.0560. The number of hydrogen-bond donors (Lipinski definition) is 1. The van der Waals surface area contributed by atoms with Gasteiger partial charge in [-0.3, -0.25) is 0 Å². The van der Waals surface area contributed by atoms with Crippen LogP contribution in [0.4, 0.5) is 0 Å². The zero-order chi connectivity index (χ0) is 13.1.